The molecule has 23 heavy (non-hydrogen) atoms. The molecule has 7 nitrogen and oxygen atoms in total. The average Bonchev–Trinajstić information content (AvgIpc) is 3.30. The highest BCUT2D eigenvalue weighted by atomic mass is 16.5. The molecule has 0 bridgehead atoms. The highest BCUT2D eigenvalue weighted by Crippen LogP contribution is 2.29. The van der Waals surface area contributed by atoms with Gasteiger partial charge in [-0.1, -0.05) is 18.2 Å². The fraction of sp³-hybridized carbons (Fsp3) is 0.312. The van der Waals surface area contributed by atoms with E-state index in [1.807, 2.05) is 30.3 Å². The molecule has 1 aromatic heterocycles. The van der Waals surface area contributed by atoms with Crippen LogP contribution in [0.15, 0.2) is 41.0 Å². The Hall–Kier alpha value is -2.83. The van der Waals surface area contributed by atoms with E-state index >= 15 is 0 Å². The van der Waals surface area contributed by atoms with Crippen LogP contribution in [0.5, 0.6) is 0 Å². The van der Waals surface area contributed by atoms with E-state index in [2.05, 4.69) is 15.0 Å². The number of hydrogen-bond acceptors (Lipinski definition) is 5. The van der Waals surface area contributed by atoms with E-state index in [0.29, 0.717) is 5.89 Å². The van der Waals surface area contributed by atoms with Gasteiger partial charge in [0.25, 0.3) is 0 Å². The first-order valence-electron chi connectivity index (χ1n) is 7.33. The number of benzene rings is 1. The summed E-state index contributed by atoms with van der Waals surface area (Å²) < 4.78 is 9.85. The highest BCUT2D eigenvalue weighted by Gasteiger charge is 2.34. The van der Waals surface area contributed by atoms with Gasteiger partial charge in [0.1, 0.15) is 6.26 Å². The van der Waals surface area contributed by atoms with Gasteiger partial charge in [-0.05, 0) is 25.0 Å². The third kappa shape index (κ3) is 3.68. The van der Waals surface area contributed by atoms with Gasteiger partial charge in [-0.2, -0.15) is 0 Å². The Morgan fingerprint density at radius 2 is 2.09 bits per heavy atom. The molecule has 0 saturated heterocycles. The van der Waals surface area contributed by atoms with Gasteiger partial charge in [0, 0.05) is 11.7 Å². The molecule has 1 fully saturated rings. The first kappa shape index (κ1) is 15.1. The zero-order valence-electron chi connectivity index (χ0n) is 12.7. The monoisotopic (exact) mass is 315 g/mol. The predicted molar refractivity (Wildman–Crippen MR) is 81.9 cm³/mol. The molecule has 7 heteroatoms. The zero-order chi connectivity index (χ0) is 16.2. The molecule has 1 aromatic carbocycles. The van der Waals surface area contributed by atoms with Crippen LogP contribution in [-0.2, 0) is 11.3 Å². The number of nitrogens with one attached hydrogen (secondary N) is 1. The van der Waals surface area contributed by atoms with Crippen LogP contribution in [0.1, 0.15) is 29.2 Å². The largest absolute Gasteiger partial charge is 0.464 e. The third-order valence-corrected chi connectivity index (χ3v) is 3.53. The second-order valence-electron chi connectivity index (χ2n) is 5.27. The summed E-state index contributed by atoms with van der Waals surface area (Å²) in [6.07, 6.45) is 3.14. The maximum absolute atomic E-state index is 12.4. The number of urea groups is 1. The number of hydrogen-bond donors (Lipinski definition) is 1. The quantitative estimate of drug-likeness (QED) is 0.857. The maximum atomic E-state index is 12.4. The predicted octanol–water partition coefficient (Wildman–Crippen LogP) is 2.66. The van der Waals surface area contributed by atoms with Crippen molar-refractivity contribution in [3.05, 3.63) is 48.2 Å². The molecule has 1 N–H and O–H groups in total. The fourth-order valence-electron chi connectivity index (χ4n) is 2.20. The van der Waals surface area contributed by atoms with Crippen molar-refractivity contribution in [3.63, 3.8) is 0 Å². The summed E-state index contributed by atoms with van der Waals surface area (Å²) in [4.78, 5) is 29.6. The molecule has 120 valence electrons. The van der Waals surface area contributed by atoms with Crippen LogP contribution < -0.4 is 5.32 Å². The van der Waals surface area contributed by atoms with Crippen LogP contribution >= 0.6 is 0 Å². The molecule has 0 aliphatic heterocycles. The van der Waals surface area contributed by atoms with Gasteiger partial charge in [-0.25, -0.2) is 14.6 Å². The van der Waals surface area contributed by atoms with Crippen molar-refractivity contribution < 1.29 is 18.7 Å². The Labute approximate surface area is 133 Å². The van der Waals surface area contributed by atoms with Gasteiger partial charge in [-0.15, -0.1) is 0 Å². The molecule has 2 aromatic rings. The van der Waals surface area contributed by atoms with Gasteiger partial charge >= 0.3 is 12.0 Å². The van der Waals surface area contributed by atoms with E-state index in [9.17, 15) is 9.59 Å². The third-order valence-electron chi connectivity index (χ3n) is 3.53. The lowest BCUT2D eigenvalue weighted by Gasteiger charge is -2.21. The highest BCUT2D eigenvalue weighted by molar-refractivity contribution is 5.89. The maximum Gasteiger partial charge on any atom is 0.360 e. The number of aromatic nitrogens is 1. The van der Waals surface area contributed by atoms with E-state index in [4.69, 9.17) is 4.42 Å². The van der Waals surface area contributed by atoms with Crippen LogP contribution in [0.25, 0.3) is 0 Å². The second-order valence-corrected chi connectivity index (χ2v) is 5.27. The smallest absolute Gasteiger partial charge is 0.360 e. The zero-order valence-corrected chi connectivity index (χ0v) is 12.7. The van der Waals surface area contributed by atoms with Crippen LogP contribution in [0.2, 0.25) is 0 Å². The van der Waals surface area contributed by atoms with Gasteiger partial charge in [0.15, 0.2) is 5.69 Å². The summed E-state index contributed by atoms with van der Waals surface area (Å²) in [5.74, 6) is -0.257. The van der Waals surface area contributed by atoms with Crippen molar-refractivity contribution in [1.82, 2.24) is 9.88 Å². The van der Waals surface area contributed by atoms with E-state index in [-0.39, 0.29) is 24.3 Å². The standard InChI is InChI=1S/C16H17N3O4/c1-22-15(20)13-10-23-14(18-13)9-19(12-7-8-12)16(21)17-11-5-3-2-4-6-11/h2-6,10,12H,7-9H2,1H3,(H,17,21). The van der Waals surface area contributed by atoms with Crippen molar-refractivity contribution >= 4 is 17.7 Å². The fourth-order valence-corrected chi connectivity index (χ4v) is 2.20. The van der Waals surface area contributed by atoms with Crippen molar-refractivity contribution in [1.29, 1.82) is 0 Å². The van der Waals surface area contributed by atoms with Gasteiger partial charge in [-0.3, -0.25) is 0 Å². The summed E-state index contributed by atoms with van der Waals surface area (Å²) >= 11 is 0. The lowest BCUT2D eigenvalue weighted by atomic mass is 10.3. The van der Waals surface area contributed by atoms with E-state index in [0.717, 1.165) is 18.5 Å². The molecule has 0 atom stereocenters. The Morgan fingerprint density at radius 1 is 1.35 bits per heavy atom. The number of ether oxygens (including phenoxy) is 1. The number of carbonyl (C=O) groups is 2. The number of amides is 2. The van der Waals surface area contributed by atoms with Crippen LogP contribution in [-0.4, -0.2) is 35.0 Å². The number of para-hydroxylation sites is 1. The Bertz CT molecular complexity index is 694. The molecule has 3 rings (SSSR count). The molecular formula is C16H17N3O4. The summed E-state index contributed by atoms with van der Waals surface area (Å²) in [7, 11) is 1.28. The number of anilines is 1. The van der Waals surface area contributed by atoms with E-state index in [1.165, 1.54) is 13.4 Å². The molecule has 0 spiro atoms. The number of carbonyl (C=O) groups excluding carboxylic acids is 2. The van der Waals surface area contributed by atoms with Crippen LogP contribution in [0.3, 0.4) is 0 Å². The Morgan fingerprint density at radius 3 is 2.74 bits per heavy atom. The SMILES string of the molecule is COC(=O)c1coc(CN(C(=O)Nc2ccccc2)C2CC2)n1. The average molecular weight is 315 g/mol. The minimum Gasteiger partial charge on any atom is -0.464 e. The molecule has 1 heterocycles. The van der Waals surface area contributed by atoms with Gasteiger partial charge in [0.2, 0.25) is 5.89 Å². The molecule has 0 unspecified atom stereocenters. The number of esters is 1. The number of oxazole rings is 1. The summed E-state index contributed by atoms with van der Waals surface area (Å²) in [5, 5.41) is 2.85. The normalized spacial score (nSPS) is 13.4. The van der Waals surface area contributed by atoms with Crippen LogP contribution in [0, 0.1) is 0 Å². The van der Waals surface area contributed by atoms with Crippen molar-refractivity contribution in [2.75, 3.05) is 12.4 Å². The minimum absolute atomic E-state index is 0.0988. The lowest BCUT2D eigenvalue weighted by Crippen LogP contribution is -2.36. The molecule has 1 aliphatic carbocycles. The summed E-state index contributed by atoms with van der Waals surface area (Å²) in [5.41, 5.74) is 0.826. The molecule has 1 saturated carbocycles. The molecule has 1 aliphatic rings. The first-order chi connectivity index (χ1) is 11.2. The van der Waals surface area contributed by atoms with Crippen molar-refractivity contribution in [2.24, 2.45) is 0 Å². The van der Waals surface area contributed by atoms with Gasteiger partial charge < -0.3 is 19.4 Å². The number of methoxy groups -OCH3 is 1. The van der Waals surface area contributed by atoms with Gasteiger partial charge in [0.05, 0.1) is 13.7 Å². The van der Waals surface area contributed by atoms with Crippen molar-refractivity contribution in [3.8, 4) is 0 Å². The van der Waals surface area contributed by atoms with E-state index < -0.39 is 5.97 Å². The Kier molecular flexibility index (Phi) is 4.27. The minimum atomic E-state index is -0.563. The summed E-state index contributed by atoms with van der Waals surface area (Å²) in [6.45, 7) is 0.209. The van der Waals surface area contributed by atoms with Crippen molar-refractivity contribution in [2.45, 2.75) is 25.4 Å². The van der Waals surface area contributed by atoms with Crippen LogP contribution in [0.4, 0.5) is 10.5 Å². The molecular weight excluding hydrogens is 298 g/mol. The lowest BCUT2D eigenvalue weighted by molar-refractivity contribution is 0.0594. The van der Waals surface area contributed by atoms with E-state index in [1.54, 1.807) is 4.90 Å². The summed E-state index contributed by atoms with van der Waals surface area (Å²) in [6, 6.07) is 9.20. The number of rotatable bonds is 5. The number of nitrogens with zero attached hydrogens (tertiary/aromatic N) is 2. The molecule has 2 amide bonds. The molecule has 0 radical (unpaired) electrons. The Balaban J connectivity index is 1.68. The second kappa shape index (κ2) is 6.51. The first-order valence-corrected chi connectivity index (χ1v) is 7.33. The topological polar surface area (TPSA) is 84.7 Å².